The minimum atomic E-state index is -4.52. The van der Waals surface area contributed by atoms with Gasteiger partial charge in [0.05, 0.1) is 16.9 Å². The van der Waals surface area contributed by atoms with Crippen LogP contribution in [0.3, 0.4) is 0 Å². The molecule has 0 fully saturated rings. The highest BCUT2D eigenvalue weighted by Crippen LogP contribution is 2.31. The fraction of sp³-hybridized carbons (Fsp3) is 0.455. The molecule has 0 heterocycles. The van der Waals surface area contributed by atoms with Crippen molar-refractivity contribution in [2.75, 3.05) is 6.26 Å². The molecule has 102 valence electrons. The van der Waals surface area contributed by atoms with Crippen LogP contribution >= 0.6 is 0 Å². The summed E-state index contributed by atoms with van der Waals surface area (Å²) in [6.45, 7) is 1.25. The van der Waals surface area contributed by atoms with Gasteiger partial charge in [0.1, 0.15) is 0 Å². The summed E-state index contributed by atoms with van der Waals surface area (Å²) in [7, 11) is -3.53. The monoisotopic (exact) mass is 282 g/mol. The Labute approximate surface area is 103 Å². The van der Waals surface area contributed by atoms with Crippen LogP contribution in [0.5, 0.6) is 0 Å². The van der Waals surface area contributed by atoms with Crippen LogP contribution in [-0.2, 0) is 16.0 Å². The first-order valence-electron chi connectivity index (χ1n) is 5.07. The van der Waals surface area contributed by atoms with Gasteiger partial charge in [0, 0.05) is 6.26 Å². The van der Waals surface area contributed by atoms with Gasteiger partial charge in [-0.3, -0.25) is 0 Å². The van der Waals surface area contributed by atoms with Crippen molar-refractivity contribution in [2.45, 2.75) is 24.5 Å². The molecule has 0 saturated heterocycles. The van der Waals surface area contributed by atoms with Gasteiger partial charge < -0.3 is 5.11 Å². The van der Waals surface area contributed by atoms with Crippen LogP contribution < -0.4 is 0 Å². The van der Waals surface area contributed by atoms with E-state index < -0.39 is 32.9 Å². The molecule has 1 rings (SSSR count). The predicted molar refractivity (Wildman–Crippen MR) is 60.7 cm³/mol. The van der Waals surface area contributed by atoms with Gasteiger partial charge in [-0.1, -0.05) is 12.1 Å². The van der Waals surface area contributed by atoms with Gasteiger partial charge in [-0.2, -0.15) is 13.2 Å². The van der Waals surface area contributed by atoms with Gasteiger partial charge in [-0.15, -0.1) is 0 Å². The largest absolute Gasteiger partial charge is 0.416 e. The molecule has 0 aliphatic rings. The third kappa shape index (κ3) is 3.46. The van der Waals surface area contributed by atoms with Crippen LogP contribution in [0, 0.1) is 0 Å². The molecule has 1 aromatic rings. The smallest absolute Gasteiger partial charge is 0.387 e. The molecule has 0 aromatic heterocycles. The fourth-order valence-corrected chi connectivity index (χ4v) is 2.03. The van der Waals surface area contributed by atoms with Gasteiger partial charge in [-0.05, 0) is 24.6 Å². The van der Waals surface area contributed by atoms with Crippen molar-refractivity contribution in [3.05, 3.63) is 35.4 Å². The Morgan fingerprint density at radius 2 is 1.83 bits per heavy atom. The van der Waals surface area contributed by atoms with Gasteiger partial charge in [0.15, 0.2) is 9.84 Å². The van der Waals surface area contributed by atoms with E-state index in [1.165, 1.54) is 13.0 Å². The molecule has 3 nitrogen and oxygen atoms in total. The minimum Gasteiger partial charge on any atom is -0.387 e. The zero-order chi connectivity index (χ0) is 14.1. The first kappa shape index (κ1) is 15.0. The lowest BCUT2D eigenvalue weighted by Gasteiger charge is -2.18. The van der Waals surface area contributed by atoms with E-state index in [2.05, 4.69) is 0 Å². The van der Waals surface area contributed by atoms with Gasteiger partial charge in [-0.25, -0.2) is 8.42 Å². The van der Waals surface area contributed by atoms with E-state index in [1.54, 1.807) is 0 Å². The number of hydrogen-bond acceptors (Lipinski definition) is 3. The molecule has 2 atom stereocenters. The molecule has 0 bridgehead atoms. The molecular weight excluding hydrogens is 269 g/mol. The summed E-state index contributed by atoms with van der Waals surface area (Å²) in [5.41, 5.74) is -0.984. The lowest BCUT2D eigenvalue weighted by Crippen LogP contribution is -2.24. The fourth-order valence-electron chi connectivity index (χ4n) is 1.40. The van der Waals surface area contributed by atoms with Gasteiger partial charge in [0.2, 0.25) is 0 Å². The molecule has 1 aromatic carbocycles. The van der Waals surface area contributed by atoms with E-state index in [0.717, 1.165) is 24.5 Å². The van der Waals surface area contributed by atoms with Crippen molar-refractivity contribution in [2.24, 2.45) is 0 Å². The van der Waals surface area contributed by atoms with E-state index >= 15 is 0 Å². The zero-order valence-corrected chi connectivity index (χ0v) is 10.6. The highest BCUT2D eigenvalue weighted by Gasteiger charge is 2.32. The maximum Gasteiger partial charge on any atom is 0.416 e. The Bertz CT molecular complexity index is 523. The number of aliphatic hydroxyl groups excluding tert-OH is 1. The minimum absolute atomic E-state index is 0.0669. The van der Waals surface area contributed by atoms with Crippen LogP contribution in [0.4, 0.5) is 13.2 Å². The van der Waals surface area contributed by atoms with Crippen molar-refractivity contribution in [1.29, 1.82) is 0 Å². The van der Waals surface area contributed by atoms with Gasteiger partial charge >= 0.3 is 6.18 Å². The maximum absolute atomic E-state index is 12.5. The summed E-state index contributed by atoms with van der Waals surface area (Å²) in [5.74, 6) is 0. The number of aliphatic hydroxyl groups is 1. The molecule has 2 unspecified atom stereocenters. The molecule has 0 spiro atoms. The summed E-state index contributed by atoms with van der Waals surface area (Å²) in [6.07, 6.45) is -5.08. The number of sulfone groups is 1. The molecule has 0 aliphatic heterocycles. The summed E-state index contributed by atoms with van der Waals surface area (Å²) in [6, 6.07) is 4.02. The standard InChI is InChI=1S/C11H13F3O3S/c1-7(18(2,16)17)10(15)8-4-3-5-9(6-8)11(12,13)14/h3-7,10,15H,1-2H3. The quantitative estimate of drug-likeness (QED) is 0.924. The summed E-state index contributed by atoms with van der Waals surface area (Å²) >= 11 is 0. The second-order valence-corrected chi connectivity index (χ2v) is 6.51. The summed E-state index contributed by atoms with van der Waals surface area (Å²) in [4.78, 5) is 0. The Morgan fingerprint density at radius 1 is 1.28 bits per heavy atom. The molecule has 1 N–H and O–H groups in total. The van der Waals surface area contributed by atoms with Crippen LogP contribution in [0.25, 0.3) is 0 Å². The van der Waals surface area contributed by atoms with E-state index in [1.807, 2.05) is 0 Å². The first-order chi connectivity index (χ1) is 8.03. The van der Waals surface area contributed by atoms with E-state index in [9.17, 15) is 26.7 Å². The topological polar surface area (TPSA) is 54.4 Å². The van der Waals surface area contributed by atoms with Crippen molar-refractivity contribution < 1.29 is 26.7 Å². The molecule has 0 saturated carbocycles. The second kappa shape index (κ2) is 4.89. The molecule has 0 radical (unpaired) electrons. The Kier molecular flexibility index (Phi) is 4.07. The Hall–Kier alpha value is -1.08. The van der Waals surface area contributed by atoms with Crippen LogP contribution in [0.1, 0.15) is 24.2 Å². The number of benzene rings is 1. The average molecular weight is 282 g/mol. The van der Waals surface area contributed by atoms with Crippen molar-refractivity contribution in [1.82, 2.24) is 0 Å². The zero-order valence-electron chi connectivity index (χ0n) is 9.77. The highest BCUT2D eigenvalue weighted by molar-refractivity contribution is 7.91. The van der Waals surface area contributed by atoms with E-state index in [-0.39, 0.29) is 5.56 Å². The average Bonchev–Trinajstić information content (AvgIpc) is 2.25. The number of halogens is 3. The predicted octanol–water partition coefficient (Wildman–Crippen LogP) is 2.17. The first-order valence-corrected chi connectivity index (χ1v) is 7.03. The molecule has 7 heteroatoms. The molecule has 18 heavy (non-hydrogen) atoms. The third-order valence-corrected chi connectivity index (χ3v) is 4.28. The summed E-state index contributed by atoms with van der Waals surface area (Å²) < 4.78 is 59.9. The van der Waals surface area contributed by atoms with Crippen LogP contribution in [0.15, 0.2) is 24.3 Å². The van der Waals surface area contributed by atoms with Crippen LogP contribution in [-0.4, -0.2) is 25.0 Å². The highest BCUT2D eigenvalue weighted by atomic mass is 32.2. The molecule has 0 amide bonds. The second-order valence-electron chi connectivity index (χ2n) is 4.10. The number of hydrogen-bond donors (Lipinski definition) is 1. The van der Waals surface area contributed by atoms with Crippen molar-refractivity contribution in [3.8, 4) is 0 Å². The van der Waals surface area contributed by atoms with Crippen molar-refractivity contribution in [3.63, 3.8) is 0 Å². The van der Waals surface area contributed by atoms with E-state index in [4.69, 9.17) is 0 Å². The van der Waals surface area contributed by atoms with Crippen LogP contribution in [0.2, 0.25) is 0 Å². The Balaban J connectivity index is 3.12. The molecular formula is C11H13F3O3S. The lowest BCUT2D eigenvalue weighted by atomic mass is 10.0. The Morgan fingerprint density at radius 3 is 2.28 bits per heavy atom. The number of alkyl halides is 3. The summed E-state index contributed by atoms with van der Waals surface area (Å²) in [5, 5.41) is 8.60. The molecule has 0 aliphatic carbocycles. The SMILES string of the molecule is CC(C(O)c1cccc(C(F)(F)F)c1)S(C)(=O)=O. The number of rotatable bonds is 3. The maximum atomic E-state index is 12.5. The lowest BCUT2D eigenvalue weighted by molar-refractivity contribution is -0.137. The van der Waals surface area contributed by atoms with E-state index in [0.29, 0.717) is 0 Å². The normalized spacial score (nSPS) is 16.3. The third-order valence-electron chi connectivity index (χ3n) is 2.68. The van der Waals surface area contributed by atoms with Gasteiger partial charge in [0.25, 0.3) is 0 Å². The van der Waals surface area contributed by atoms with Crippen molar-refractivity contribution >= 4 is 9.84 Å².